The Morgan fingerprint density at radius 1 is 1.24 bits per heavy atom. The van der Waals surface area contributed by atoms with Crippen molar-refractivity contribution in [2.24, 2.45) is 0 Å². The van der Waals surface area contributed by atoms with Gasteiger partial charge in [0.1, 0.15) is 18.2 Å². The van der Waals surface area contributed by atoms with Gasteiger partial charge in [-0.25, -0.2) is 9.78 Å². The van der Waals surface area contributed by atoms with Gasteiger partial charge in [0.05, 0.1) is 18.4 Å². The molecule has 2 heterocycles. The zero-order chi connectivity index (χ0) is 14.7. The third-order valence-corrected chi connectivity index (χ3v) is 3.39. The topological polar surface area (TPSA) is 60.5 Å². The molecule has 5 nitrogen and oxygen atoms in total. The smallest absolute Gasteiger partial charge is 0.337 e. The van der Waals surface area contributed by atoms with Crippen LogP contribution in [0.4, 0.5) is 5.82 Å². The molecule has 0 saturated heterocycles. The van der Waals surface area contributed by atoms with Crippen LogP contribution in [0.2, 0.25) is 0 Å². The minimum atomic E-state index is -0.354. The molecule has 3 rings (SSSR count). The highest BCUT2D eigenvalue weighted by atomic mass is 16.5. The second kappa shape index (κ2) is 5.83. The Labute approximate surface area is 122 Å². The quantitative estimate of drug-likeness (QED) is 0.874. The highest BCUT2D eigenvalue weighted by molar-refractivity contribution is 5.89. The highest BCUT2D eigenvalue weighted by Crippen LogP contribution is 2.20. The molecule has 0 amide bonds. The summed E-state index contributed by atoms with van der Waals surface area (Å²) in [5.41, 5.74) is 2.63. The third kappa shape index (κ3) is 2.97. The molecular weight excluding hydrogens is 268 g/mol. The number of nitrogens with one attached hydrogen (secondary N) is 1. The van der Waals surface area contributed by atoms with Crippen LogP contribution in [0.3, 0.4) is 0 Å². The molecule has 0 aliphatic carbocycles. The Hall–Kier alpha value is -2.56. The molecular formula is C16H16N2O3. The summed E-state index contributed by atoms with van der Waals surface area (Å²) in [6, 6.07) is 10.9. The minimum Gasteiger partial charge on any atom is -0.487 e. The molecule has 0 radical (unpaired) electrons. The van der Waals surface area contributed by atoms with Gasteiger partial charge in [-0.1, -0.05) is 6.07 Å². The van der Waals surface area contributed by atoms with E-state index in [1.54, 1.807) is 24.3 Å². The molecule has 2 aromatic rings. The molecule has 1 N–H and O–H groups in total. The first-order valence-electron chi connectivity index (χ1n) is 6.80. The van der Waals surface area contributed by atoms with Crippen LogP contribution >= 0.6 is 0 Å². The summed E-state index contributed by atoms with van der Waals surface area (Å²) in [4.78, 5) is 15.8. The molecule has 0 atom stereocenters. The minimum absolute atomic E-state index is 0.354. The van der Waals surface area contributed by atoms with Gasteiger partial charge < -0.3 is 14.8 Å². The van der Waals surface area contributed by atoms with Crippen molar-refractivity contribution in [3.05, 3.63) is 53.2 Å². The fourth-order valence-electron chi connectivity index (χ4n) is 2.24. The number of fused-ring (bicyclic) bond motifs is 1. The Bertz CT molecular complexity index is 653. The fraction of sp³-hybridized carbons (Fsp3) is 0.250. The second-order valence-corrected chi connectivity index (χ2v) is 4.79. The first-order chi connectivity index (χ1) is 10.3. The van der Waals surface area contributed by atoms with Gasteiger partial charge in [-0.2, -0.15) is 0 Å². The molecule has 0 unspecified atom stereocenters. The van der Waals surface area contributed by atoms with Crippen LogP contribution < -0.4 is 10.1 Å². The van der Waals surface area contributed by atoms with Gasteiger partial charge in [0.25, 0.3) is 0 Å². The van der Waals surface area contributed by atoms with E-state index in [9.17, 15) is 4.79 Å². The number of ether oxygens (including phenoxy) is 2. The Kier molecular flexibility index (Phi) is 3.73. The van der Waals surface area contributed by atoms with Crippen molar-refractivity contribution in [1.82, 2.24) is 4.98 Å². The van der Waals surface area contributed by atoms with Gasteiger partial charge in [0.2, 0.25) is 0 Å². The first-order valence-corrected chi connectivity index (χ1v) is 6.80. The van der Waals surface area contributed by atoms with E-state index in [0.29, 0.717) is 17.9 Å². The molecule has 0 fully saturated rings. The van der Waals surface area contributed by atoms with E-state index < -0.39 is 0 Å². The van der Waals surface area contributed by atoms with E-state index in [1.807, 2.05) is 6.07 Å². The van der Waals surface area contributed by atoms with Gasteiger partial charge in [0, 0.05) is 6.54 Å². The van der Waals surface area contributed by atoms with Crippen molar-refractivity contribution in [1.29, 1.82) is 0 Å². The second-order valence-electron chi connectivity index (χ2n) is 4.79. The molecule has 108 valence electrons. The molecule has 1 aliphatic rings. The van der Waals surface area contributed by atoms with Crippen molar-refractivity contribution >= 4 is 11.8 Å². The molecule has 0 bridgehead atoms. The number of pyridine rings is 1. The van der Waals surface area contributed by atoms with E-state index in [-0.39, 0.29) is 5.97 Å². The summed E-state index contributed by atoms with van der Waals surface area (Å²) in [6.45, 7) is 1.34. The SMILES string of the molecule is COC(=O)c1ccc(OCc2ccc3c(n2)NCC3)cc1. The third-order valence-electron chi connectivity index (χ3n) is 3.39. The summed E-state index contributed by atoms with van der Waals surface area (Å²) >= 11 is 0. The van der Waals surface area contributed by atoms with Gasteiger partial charge in [-0.3, -0.25) is 0 Å². The zero-order valence-electron chi connectivity index (χ0n) is 11.8. The number of methoxy groups -OCH3 is 1. The fourth-order valence-corrected chi connectivity index (χ4v) is 2.24. The van der Waals surface area contributed by atoms with E-state index in [4.69, 9.17) is 4.74 Å². The Morgan fingerprint density at radius 2 is 2.05 bits per heavy atom. The lowest BCUT2D eigenvalue weighted by molar-refractivity contribution is 0.0600. The molecule has 21 heavy (non-hydrogen) atoms. The van der Waals surface area contributed by atoms with Crippen LogP contribution in [0.1, 0.15) is 21.6 Å². The van der Waals surface area contributed by atoms with Gasteiger partial charge in [0.15, 0.2) is 0 Å². The summed E-state index contributed by atoms with van der Waals surface area (Å²) < 4.78 is 10.3. The predicted octanol–water partition coefficient (Wildman–Crippen LogP) is 2.42. The van der Waals surface area contributed by atoms with Crippen LogP contribution in [0.5, 0.6) is 5.75 Å². The van der Waals surface area contributed by atoms with Crippen molar-refractivity contribution in [3.8, 4) is 5.75 Å². The lowest BCUT2D eigenvalue weighted by Crippen LogP contribution is -2.02. The van der Waals surface area contributed by atoms with E-state index >= 15 is 0 Å². The van der Waals surface area contributed by atoms with Crippen molar-refractivity contribution < 1.29 is 14.3 Å². The maximum Gasteiger partial charge on any atom is 0.337 e. The summed E-state index contributed by atoms with van der Waals surface area (Å²) in [7, 11) is 1.36. The zero-order valence-corrected chi connectivity index (χ0v) is 11.8. The number of hydrogen-bond donors (Lipinski definition) is 1. The Morgan fingerprint density at radius 3 is 2.81 bits per heavy atom. The van der Waals surface area contributed by atoms with Crippen LogP contribution in [-0.2, 0) is 17.8 Å². The molecule has 1 aromatic heterocycles. The summed E-state index contributed by atoms with van der Waals surface area (Å²) in [6.07, 6.45) is 1.03. The number of aromatic nitrogens is 1. The van der Waals surface area contributed by atoms with E-state index in [2.05, 4.69) is 21.1 Å². The number of hydrogen-bond acceptors (Lipinski definition) is 5. The largest absolute Gasteiger partial charge is 0.487 e. The van der Waals surface area contributed by atoms with Gasteiger partial charge >= 0.3 is 5.97 Å². The van der Waals surface area contributed by atoms with Crippen LogP contribution in [0.15, 0.2) is 36.4 Å². The van der Waals surface area contributed by atoms with Crippen molar-refractivity contribution in [2.45, 2.75) is 13.0 Å². The maximum absolute atomic E-state index is 11.3. The summed E-state index contributed by atoms with van der Waals surface area (Å²) in [5, 5.41) is 3.25. The number of benzene rings is 1. The van der Waals surface area contributed by atoms with Gasteiger partial charge in [-0.15, -0.1) is 0 Å². The average Bonchev–Trinajstić information content (AvgIpc) is 3.00. The van der Waals surface area contributed by atoms with E-state index in [0.717, 1.165) is 24.5 Å². The number of esters is 1. The van der Waals surface area contributed by atoms with Crippen molar-refractivity contribution in [2.75, 3.05) is 19.0 Å². The monoisotopic (exact) mass is 284 g/mol. The van der Waals surface area contributed by atoms with Gasteiger partial charge in [-0.05, 0) is 42.3 Å². The predicted molar refractivity (Wildman–Crippen MR) is 78.5 cm³/mol. The number of nitrogens with zero attached hydrogens (tertiary/aromatic N) is 1. The van der Waals surface area contributed by atoms with Crippen molar-refractivity contribution in [3.63, 3.8) is 0 Å². The molecule has 1 aromatic carbocycles. The first kappa shape index (κ1) is 13.4. The number of carbonyl (C=O) groups is 1. The molecule has 5 heteroatoms. The lowest BCUT2D eigenvalue weighted by atomic mass is 10.2. The van der Waals surface area contributed by atoms with Crippen LogP contribution in [-0.4, -0.2) is 24.6 Å². The number of rotatable bonds is 4. The standard InChI is InChI=1S/C16H16N2O3/c1-20-16(19)12-3-6-14(7-4-12)21-10-13-5-2-11-8-9-17-15(11)18-13/h2-7H,8-10H2,1H3,(H,17,18). The normalized spacial score (nSPS) is 12.4. The van der Waals surface area contributed by atoms with E-state index in [1.165, 1.54) is 12.7 Å². The highest BCUT2D eigenvalue weighted by Gasteiger charge is 2.11. The maximum atomic E-state index is 11.3. The lowest BCUT2D eigenvalue weighted by Gasteiger charge is -2.08. The number of anilines is 1. The molecule has 0 spiro atoms. The van der Waals surface area contributed by atoms with Crippen LogP contribution in [0.25, 0.3) is 0 Å². The summed E-state index contributed by atoms with van der Waals surface area (Å²) in [5.74, 6) is 1.29. The number of carbonyl (C=O) groups excluding carboxylic acids is 1. The average molecular weight is 284 g/mol. The molecule has 1 aliphatic heterocycles. The molecule has 0 saturated carbocycles. The Balaban J connectivity index is 1.63. The van der Waals surface area contributed by atoms with Crippen LogP contribution in [0, 0.1) is 0 Å².